The molecule has 0 fully saturated rings. The summed E-state index contributed by atoms with van der Waals surface area (Å²) in [6.07, 6.45) is 7.97. The van der Waals surface area contributed by atoms with Crippen molar-refractivity contribution in [2.75, 3.05) is 6.26 Å². The van der Waals surface area contributed by atoms with Gasteiger partial charge >= 0.3 is 0 Å². The number of hydrogen-bond donors (Lipinski definition) is 0. The second-order valence-corrected chi connectivity index (χ2v) is 8.54. The monoisotopic (exact) mass is 381 g/mol. The van der Waals surface area contributed by atoms with Crippen LogP contribution in [0.4, 0.5) is 0 Å². The highest BCUT2D eigenvalue weighted by Gasteiger charge is 2.11. The van der Waals surface area contributed by atoms with Gasteiger partial charge in [0.25, 0.3) is 0 Å². The first-order valence-electron chi connectivity index (χ1n) is 8.37. The van der Waals surface area contributed by atoms with Crippen LogP contribution in [0.2, 0.25) is 0 Å². The molecule has 2 aromatic heterocycles. The molecule has 0 spiro atoms. The summed E-state index contributed by atoms with van der Waals surface area (Å²) in [7, 11) is -3.19. The fourth-order valence-electron chi connectivity index (χ4n) is 2.72. The third-order valence-corrected chi connectivity index (χ3v) is 4.69. The van der Waals surface area contributed by atoms with Gasteiger partial charge in [-0.15, -0.1) is 0 Å². The standard InChI is InChI=1S/C20H19N3O3S/c1-27(25,26)14-19-13-22-12-18(23-19)10-20(24)9-15-4-6-16(7-5-15)17-3-2-8-21-11-17/h2-8,11-13H,9-10,14H2,1H3. The zero-order valence-electron chi connectivity index (χ0n) is 14.9. The molecule has 0 saturated heterocycles. The number of benzene rings is 1. The van der Waals surface area contributed by atoms with Crippen LogP contribution >= 0.6 is 0 Å². The third-order valence-electron chi connectivity index (χ3n) is 3.87. The number of sulfone groups is 1. The Balaban J connectivity index is 1.63. The Hall–Kier alpha value is -2.93. The minimum atomic E-state index is -3.19. The first kappa shape index (κ1) is 18.8. The van der Waals surface area contributed by atoms with Crippen molar-refractivity contribution in [1.82, 2.24) is 15.0 Å². The molecule has 0 saturated carbocycles. The Bertz CT molecular complexity index is 1030. The van der Waals surface area contributed by atoms with Crippen LogP contribution in [-0.2, 0) is 33.2 Å². The van der Waals surface area contributed by atoms with Crippen molar-refractivity contribution in [2.45, 2.75) is 18.6 Å². The predicted octanol–water partition coefficient (Wildman–Crippen LogP) is 2.44. The number of aromatic nitrogens is 3. The lowest BCUT2D eigenvalue weighted by Gasteiger charge is -2.05. The van der Waals surface area contributed by atoms with Crippen molar-refractivity contribution in [3.8, 4) is 11.1 Å². The van der Waals surface area contributed by atoms with Crippen LogP contribution in [0.3, 0.4) is 0 Å². The molecule has 1 aromatic carbocycles. The lowest BCUT2D eigenvalue weighted by molar-refractivity contribution is -0.117. The minimum absolute atomic E-state index is 0.00469. The van der Waals surface area contributed by atoms with Crippen LogP contribution in [0.15, 0.2) is 61.2 Å². The Morgan fingerprint density at radius 3 is 2.30 bits per heavy atom. The molecule has 6 nitrogen and oxygen atoms in total. The van der Waals surface area contributed by atoms with Crippen molar-refractivity contribution >= 4 is 15.6 Å². The fraction of sp³-hybridized carbons (Fsp3) is 0.200. The van der Waals surface area contributed by atoms with E-state index in [0.29, 0.717) is 11.4 Å². The fourth-order valence-corrected chi connectivity index (χ4v) is 3.39. The summed E-state index contributed by atoms with van der Waals surface area (Å²) in [6, 6.07) is 11.6. The molecule has 0 N–H and O–H groups in total. The van der Waals surface area contributed by atoms with Crippen LogP contribution in [0.1, 0.15) is 17.0 Å². The van der Waals surface area contributed by atoms with E-state index >= 15 is 0 Å². The van der Waals surface area contributed by atoms with E-state index in [4.69, 9.17) is 0 Å². The largest absolute Gasteiger partial charge is 0.299 e. The second kappa shape index (κ2) is 8.18. The average Bonchev–Trinajstić information content (AvgIpc) is 2.62. The number of carbonyl (C=O) groups is 1. The molecule has 27 heavy (non-hydrogen) atoms. The Morgan fingerprint density at radius 1 is 0.889 bits per heavy atom. The van der Waals surface area contributed by atoms with Crippen molar-refractivity contribution in [3.63, 3.8) is 0 Å². The quantitative estimate of drug-likeness (QED) is 0.624. The van der Waals surface area contributed by atoms with Crippen molar-refractivity contribution in [3.05, 3.63) is 78.1 Å². The SMILES string of the molecule is CS(=O)(=O)Cc1cncc(CC(=O)Cc2ccc(-c3cccnc3)cc2)n1. The molecule has 0 aliphatic heterocycles. The number of nitrogens with zero attached hydrogens (tertiary/aromatic N) is 3. The number of pyridine rings is 1. The molecule has 3 aromatic rings. The third kappa shape index (κ3) is 5.79. The van der Waals surface area contributed by atoms with Crippen LogP contribution in [0.25, 0.3) is 11.1 Å². The molecule has 3 rings (SSSR count). The highest BCUT2D eigenvalue weighted by atomic mass is 32.2. The summed E-state index contributed by atoms with van der Waals surface area (Å²) >= 11 is 0. The maximum atomic E-state index is 12.3. The maximum Gasteiger partial charge on any atom is 0.153 e. The van der Waals surface area contributed by atoms with Gasteiger partial charge in [0, 0.05) is 37.5 Å². The summed E-state index contributed by atoms with van der Waals surface area (Å²) in [5.41, 5.74) is 3.80. The van der Waals surface area contributed by atoms with Gasteiger partial charge in [-0.1, -0.05) is 30.3 Å². The van der Waals surface area contributed by atoms with E-state index in [-0.39, 0.29) is 24.4 Å². The van der Waals surface area contributed by atoms with Gasteiger partial charge in [-0.25, -0.2) is 8.42 Å². The number of carbonyl (C=O) groups excluding carboxylic acids is 1. The average molecular weight is 381 g/mol. The minimum Gasteiger partial charge on any atom is -0.299 e. The first-order chi connectivity index (χ1) is 12.9. The van der Waals surface area contributed by atoms with Crippen molar-refractivity contribution in [1.29, 1.82) is 0 Å². The summed E-state index contributed by atoms with van der Waals surface area (Å²) in [5, 5.41) is 0. The highest BCUT2D eigenvalue weighted by molar-refractivity contribution is 7.89. The van der Waals surface area contributed by atoms with Gasteiger partial charge in [0.15, 0.2) is 9.84 Å². The summed E-state index contributed by atoms with van der Waals surface area (Å²) in [4.78, 5) is 24.7. The van der Waals surface area contributed by atoms with E-state index in [1.165, 1.54) is 12.4 Å². The molecular weight excluding hydrogens is 362 g/mol. The van der Waals surface area contributed by atoms with E-state index in [2.05, 4.69) is 15.0 Å². The van der Waals surface area contributed by atoms with Gasteiger partial charge in [0.2, 0.25) is 0 Å². The zero-order chi connectivity index (χ0) is 19.3. The van der Waals surface area contributed by atoms with Gasteiger partial charge in [-0.3, -0.25) is 19.7 Å². The molecule has 0 aliphatic rings. The molecule has 0 atom stereocenters. The number of ketones is 1. The van der Waals surface area contributed by atoms with Crippen molar-refractivity contribution in [2.24, 2.45) is 0 Å². The van der Waals surface area contributed by atoms with Gasteiger partial charge in [-0.05, 0) is 22.8 Å². The van der Waals surface area contributed by atoms with Crippen LogP contribution in [-0.4, -0.2) is 35.4 Å². The van der Waals surface area contributed by atoms with E-state index in [1.807, 2.05) is 36.4 Å². The lowest BCUT2D eigenvalue weighted by Crippen LogP contribution is -2.10. The van der Waals surface area contributed by atoms with Gasteiger partial charge in [0.1, 0.15) is 5.78 Å². The Labute approximate surface area is 158 Å². The lowest BCUT2D eigenvalue weighted by atomic mass is 10.0. The Morgan fingerprint density at radius 2 is 1.63 bits per heavy atom. The maximum absolute atomic E-state index is 12.3. The van der Waals surface area contributed by atoms with E-state index in [1.54, 1.807) is 12.4 Å². The highest BCUT2D eigenvalue weighted by Crippen LogP contribution is 2.18. The molecule has 0 bridgehead atoms. The predicted molar refractivity (Wildman–Crippen MR) is 103 cm³/mol. The summed E-state index contributed by atoms with van der Waals surface area (Å²) < 4.78 is 22.7. The molecule has 0 aliphatic carbocycles. The van der Waals surface area contributed by atoms with E-state index in [0.717, 1.165) is 22.9 Å². The molecule has 0 amide bonds. The van der Waals surface area contributed by atoms with E-state index < -0.39 is 9.84 Å². The van der Waals surface area contributed by atoms with Crippen LogP contribution < -0.4 is 0 Å². The topological polar surface area (TPSA) is 89.9 Å². The first-order valence-corrected chi connectivity index (χ1v) is 10.4. The smallest absolute Gasteiger partial charge is 0.153 e. The second-order valence-electron chi connectivity index (χ2n) is 6.40. The number of hydrogen-bond acceptors (Lipinski definition) is 6. The molecule has 0 radical (unpaired) electrons. The number of rotatable bonds is 7. The van der Waals surface area contributed by atoms with Gasteiger partial charge in [-0.2, -0.15) is 0 Å². The van der Waals surface area contributed by atoms with Crippen LogP contribution in [0.5, 0.6) is 0 Å². The van der Waals surface area contributed by atoms with Crippen molar-refractivity contribution < 1.29 is 13.2 Å². The Kier molecular flexibility index (Phi) is 5.71. The molecule has 138 valence electrons. The van der Waals surface area contributed by atoms with Gasteiger partial charge in [0.05, 0.1) is 23.6 Å². The van der Waals surface area contributed by atoms with Crippen LogP contribution in [0, 0.1) is 0 Å². The molecule has 7 heteroatoms. The molecule has 0 unspecified atom stereocenters. The summed E-state index contributed by atoms with van der Waals surface area (Å²) in [5.74, 6) is -0.187. The molecule has 2 heterocycles. The number of Topliss-reactive ketones (excluding diaryl/α,β-unsaturated/α-hetero) is 1. The van der Waals surface area contributed by atoms with E-state index in [9.17, 15) is 13.2 Å². The summed E-state index contributed by atoms with van der Waals surface area (Å²) in [6.45, 7) is 0. The van der Waals surface area contributed by atoms with Gasteiger partial charge < -0.3 is 0 Å². The normalized spacial score (nSPS) is 11.3. The molecular formula is C20H19N3O3S. The zero-order valence-corrected chi connectivity index (χ0v) is 15.7.